The van der Waals surface area contributed by atoms with Gasteiger partial charge in [0, 0.05) is 6.20 Å². The second-order valence-electron chi connectivity index (χ2n) is 2.54. The first-order valence-corrected chi connectivity index (χ1v) is 4.30. The van der Waals surface area contributed by atoms with Gasteiger partial charge >= 0.3 is 0 Å². The zero-order chi connectivity index (χ0) is 10.7. The first kappa shape index (κ1) is 11.0. The number of methoxy groups -OCH3 is 1. The summed E-state index contributed by atoms with van der Waals surface area (Å²) in [5.74, 6) is 0.0109. The highest BCUT2D eigenvalue weighted by Gasteiger charge is 2.19. The van der Waals surface area contributed by atoms with E-state index in [4.69, 9.17) is 22.1 Å². The number of anilines is 1. The van der Waals surface area contributed by atoms with E-state index in [1.807, 2.05) is 0 Å². The van der Waals surface area contributed by atoms with E-state index in [-0.39, 0.29) is 22.9 Å². The molecule has 0 aliphatic rings. The zero-order valence-electron chi connectivity index (χ0n) is 7.43. The highest BCUT2D eigenvalue weighted by Crippen LogP contribution is 2.34. The van der Waals surface area contributed by atoms with E-state index < -0.39 is 6.43 Å². The van der Waals surface area contributed by atoms with Crippen LogP contribution in [0.1, 0.15) is 17.7 Å². The lowest BCUT2D eigenvalue weighted by Crippen LogP contribution is -2.03. The molecule has 14 heavy (non-hydrogen) atoms. The lowest BCUT2D eigenvalue weighted by Gasteiger charge is -2.11. The molecule has 0 saturated heterocycles. The molecule has 1 aromatic heterocycles. The summed E-state index contributed by atoms with van der Waals surface area (Å²) in [6.07, 6.45) is -1.64. The molecule has 6 heteroatoms. The van der Waals surface area contributed by atoms with Gasteiger partial charge in [-0.15, -0.1) is 11.6 Å². The van der Waals surface area contributed by atoms with Gasteiger partial charge in [0.1, 0.15) is 0 Å². The van der Waals surface area contributed by atoms with Crippen molar-refractivity contribution in [2.75, 3.05) is 12.8 Å². The van der Waals surface area contributed by atoms with Crippen molar-refractivity contribution in [3.05, 3.63) is 17.5 Å². The number of nitrogens with two attached hydrogens (primary N) is 1. The third kappa shape index (κ3) is 1.87. The first-order chi connectivity index (χ1) is 6.61. The number of halogens is 3. The Bertz CT molecular complexity index is 333. The molecule has 0 amide bonds. The average Bonchev–Trinajstić information content (AvgIpc) is 2.17. The number of hydrogen-bond acceptors (Lipinski definition) is 3. The average molecular weight is 223 g/mol. The van der Waals surface area contributed by atoms with Crippen LogP contribution in [0.3, 0.4) is 0 Å². The van der Waals surface area contributed by atoms with E-state index in [0.29, 0.717) is 5.69 Å². The van der Waals surface area contributed by atoms with Crippen LogP contribution in [0.5, 0.6) is 5.75 Å². The fourth-order valence-electron chi connectivity index (χ4n) is 1.05. The Morgan fingerprint density at radius 2 is 2.29 bits per heavy atom. The smallest absolute Gasteiger partial charge is 0.268 e. The predicted molar refractivity (Wildman–Crippen MR) is 49.7 cm³/mol. The van der Waals surface area contributed by atoms with Gasteiger partial charge in [0.05, 0.1) is 29.9 Å². The van der Waals surface area contributed by atoms with Crippen LogP contribution in [-0.2, 0) is 5.88 Å². The van der Waals surface area contributed by atoms with Crippen LogP contribution in [0.2, 0.25) is 0 Å². The highest BCUT2D eigenvalue weighted by molar-refractivity contribution is 6.17. The van der Waals surface area contributed by atoms with Crippen LogP contribution in [-0.4, -0.2) is 12.1 Å². The lowest BCUT2D eigenvalue weighted by atomic mass is 10.2. The fraction of sp³-hybridized carbons (Fsp3) is 0.375. The molecule has 0 aliphatic carbocycles. The maximum Gasteiger partial charge on any atom is 0.268 e. The van der Waals surface area contributed by atoms with Gasteiger partial charge < -0.3 is 10.5 Å². The molecule has 0 fully saturated rings. The number of ether oxygens (including phenoxy) is 1. The summed E-state index contributed by atoms with van der Waals surface area (Å²) in [5.41, 5.74) is 5.63. The quantitative estimate of drug-likeness (QED) is 0.799. The summed E-state index contributed by atoms with van der Waals surface area (Å²) in [4.78, 5) is 3.71. The van der Waals surface area contributed by atoms with Gasteiger partial charge in [-0.05, 0) is 0 Å². The molecule has 1 rings (SSSR count). The Balaban J connectivity index is 3.28. The molecular weight excluding hydrogens is 214 g/mol. The number of alkyl halides is 3. The van der Waals surface area contributed by atoms with Gasteiger partial charge in [-0.25, -0.2) is 8.78 Å². The molecular formula is C8H9ClF2N2O. The minimum atomic E-state index is -2.66. The van der Waals surface area contributed by atoms with E-state index >= 15 is 0 Å². The largest absolute Gasteiger partial charge is 0.494 e. The van der Waals surface area contributed by atoms with Crippen molar-refractivity contribution in [2.24, 2.45) is 0 Å². The molecule has 3 nitrogen and oxygen atoms in total. The van der Waals surface area contributed by atoms with Gasteiger partial charge in [0.25, 0.3) is 6.43 Å². The SMILES string of the molecule is COc1c(C(F)F)cnc(CCl)c1N. The molecule has 0 radical (unpaired) electrons. The van der Waals surface area contributed by atoms with E-state index in [9.17, 15) is 8.78 Å². The third-order valence-electron chi connectivity index (χ3n) is 1.74. The summed E-state index contributed by atoms with van der Waals surface area (Å²) in [6.45, 7) is 0. The monoisotopic (exact) mass is 222 g/mol. The summed E-state index contributed by atoms with van der Waals surface area (Å²) in [6, 6.07) is 0. The standard InChI is InChI=1S/C8H9ClF2N2O/c1-14-7-4(8(10)11)3-13-5(2-9)6(7)12/h3,8H,2,12H2,1H3. The van der Waals surface area contributed by atoms with E-state index in [1.54, 1.807) is 0 Å². The molecule has 0 atom stereocenters. The number of pyridine rings is 1. The van der Waals surface area contributed by atoms with E-state index in [1.165, 1.54) is 7.11 Å². The Labute approximate surface area is 84.8 Å². The summed E-state index contributed by atoms with van der Waals surface area (Å²) in [7, 11) is 1.27. The Hall–Kier alpha value is -1.10. The Morgan fingerprint density at radius 3 is 2.71 bits per heavy atom. The molecule has 0 saturated carbocycles. The second-order valence-corrected chi connectivity index (χ2v) is 2.81. The summed E-state index contributed by atoms with van der Waals surface area (Å²) < 4.78 is 29.6. The topological polar surface area (TPSA) is 48.1 Å². The van der Waals surface area contributed by atoms with Crippen LogP contribution >= 0.6 is 11.6 Å². The van der Waals surface area contributed by atoms with Crippen LogP contribution in [0.25, 0.3) is 0 Å². The molecule has 2 N–H and O–H groups in total. The molecule has 0 aromatic carbocycles. The number of aromatic nitrogens is 1. The van der Waals surface area contributed by atoms with Crippen molar-refractivity contribution < 1.29 is 13.5 Å². The first-order valence-electron chi connectivity index (χ1n) is 3.77. The normalized spacial score (nSPS) is 10.6. The molecule has 0 bridgehead atoms. The van der Waals surface area contributed by atoms with Gasteiger partial charge in [-0.3, -0.25) is 4.98 Å². The second kappa shape index (κ2) is 4.41. The number of hydrogen-bond donors (Lipinski definition) is 1. The third-order valence-corrected chi connectivity index (χ3v) is 2.00. The number of nitrogen functional groups attached to an aromatic ring is 1. The van der Waals surface area contributed by atoms with Crippen LogP contribution in [0.15, 0.2) is 6.20 Å². The summed E-state index contributed by atoms with van der Waals surface area (Å²) >= 11 is 5.51. The van der Waals surface area contributed by atoms with Crippen molar-refractivity contribution in [3.8, 4) is 5.75 Å². The molecule has 1 aromatic rings. The zero-order valence-corrected chi connectivity index (χ0v) is 8.18. The molecule has 0 spiro atoms. The molecule has 78 valence electrons. The van der Waals surface area contributed by atoms with Crippen molar-refractivity contribution in [1.29, 1.82) is 0 Å². The summed E-state index contributed by atoms with van der Waals surface area (Å²) in [5, 5.41) is 0. The van der Waals surface area contributed by atoms with Crippen LogP contribution < -0.4 is 10.5 Å². The predicted octanol–water partition coefficient (Wildman–Crippen LogP) is 2.35. The van der Waals surface area contributed by atoms with Gasteiger partial charge in [-0.1, -0.05) is 0 Å². The molecule has 1 heterocycles. The van der Waals surface area contributed by atoms with Crippen molar-refractivity contribution in [2.45, 2.75) is 12.3 Å². The van der Waals surface area contributed by atoms with Crippen molar-refractivity contribution >= 4 is 17.3 Å². The van der Waals surface area contributed by atoms with Crippen LogP contribution in [0, 0.1) is 0 Å². The van der Waals surface area contributed by atoms with Gasteiger partial charge in [-0.2, -0.15) is 0 Å². The van der Waals surface area contributed by atoms with Gasteiger partial charge in [0.2, 0.25) is 0 Å². The Morgan fingerprint density at radius 1 is 1.64 bits per heavy atom. The number of nitrogens with zero attached hydrogens (tertiary/aromatic N) is 1. The van der Waals surface area contributed by atoms with Crippen LogP contribution in [0.4, 0.5) is 14.5 Å². The maximum absolute atomic E-state index is 12.4. The highest BCUT2D eigenvalue weighted by atomic mass is 35.5. The minimum Gasteiger partial charge on any atom is -0.494 e. The van der Waals surface area contributed by atoms with Gasteiger partial charge in [0.15, 0.2) is 5.75 Å². The Kier molecular flexibility index (Phi) is 3.46. The van der Waals surface area contributed by atoms with Crippen molar-refractivity contribution in [1.82, 2.24) is 4.98 Å². The van der Waals surface area contributed by atoms with E-state index in [0.717, 1.165) is 6.20 Å². The van der Waals surface area contributed by atoms with Crippen molar-refractivity contribution in [3.63, 3.8) is 0 Å². The maximum atomic E-state index is 12.4. The molecule has 0 aliphatic heterocycles. The fourth-order valence-corrected chi connectivity index (χ4v) is 1.26. The number of rotatable bonds is 3. The lowest BCUT2D eigenvalue weighted by molar-refractivity contribution is 0.146. The van der Waals surface area contributed by atoms with E-state index in [2.05, 4.69) is 4.98 Å². The minimum absolute atomic E-state index is 0.0503. The molecule has 0 unspecified atom stereocenters.